The van der Waals surface area contributed by atoms with Gasteiger partial charge >= 0.3 is 0 Å². The minimum absolute atomic E-state index is 0.0503. The number of benzene rings is 2. The van der Waals surface area contributed by atoms with Crippen LogP contribution in [0.25, 0.3) is 0 Å². The van der Waals surface area contributed by atoms with Crippen molar-refractivity contribution in [2.75, 3.05) is 37.9 Å². The molecule has 0 atom stereocenters. The van der Waals surface area contributed by atoms with Crippen molar-refractivity contribution in [1.82, 2.24) is 5.32 Å². The molecule has 0 spiro atoms. The summed E-state index contributed by atoms with van der Waals surface area (Å²) in [6, 6.07) is 8.67. The maximum atomic E-state index is 14.3. The van der Waals surface area contributed by atoms with Crippen LogP contribution in [0.5, 0.6) is 11.5 Å². The van der Waals surface area contributed by atoms with Gasteiger partial charge in [-0.15, -0.1) is 0 Å². The molecular formula is C23H31FN2O6S. The van der Waals surface area contributed by atoms with Gasteiger partial charge < -0.3 is 19.5 Å². The van der Waals surface area contributed by atoms with E-state index in [-0.39, 0.29) is 41.0 Å². The topological polar surface area (TPSA) is 94.2 Å². The van der Waals surface area contributed by atoms with Gasteiger partial charge in [0.2, 0.25) is 10.0 Å². The number of anilines is 1. The van der Waals surface area contributed by atoms with Gasteiger partial charge in [-0.05, 0) is 32.4 Å². The fourth-order valence-corrected chi connectivity index (χ4v) is 3.99. The van der Waals surface area contributed by atoms with Gasteiger partial charge in [0.05, 0.1) is 44.4 Å². The number of rotatable bonds is 12. The average molecular weight is 483 g/mol. The molecule has 0 radical (unpaired) electrons. The van der Waals surface area contributed by atoms with Crippen molar-refractivity contribution in [1.29, 1.82) is 0 Å². The molecule has 8 nitrogen and oxygen atoms in total. The first-order chi connectivity index (χ1) is 15.6. The van der Waals surface area contributed by atoms with Crippen molar-refractivity contribution in [2.24, 2.45) is 0 Å². The number of ether oxygens (including phenoxy) is 3. The van der Waals surface area contributed by atoms with Gasteiger partial charge in [-0.2, -0.15) is 0 Å². The summed E-state index contributed by atoms with van der Waals surface area (Å²) in [5.74, 6) is -0.564. The zero-order valence-corrected chi connectivity index (χ0v) is 20.4. The number of nitrogens with one attached hydrogen (secondary N) is 1. The van der Waals surface area contributed by atoms with E-state index in [0.717, 1.165) is 10.6 Å². The largest absolute Gasteiger partial charge is 0.493 e. The van der Waals surface area contributed by atoms with E-state index in [1.165, 1.54) is 44.6 Å². The molecule has 0 bridgehead atoms. The number of halogens is 1. The molecule has 2 rings (SSSR count). The van der Waals surface area contributed by atoms with Crippen molar-refractivity contribution in [3.63, 3.8) is 0 Å². The Bertz CT molecular complexity index is 1060. The van der Waals surface area contributed by atoms with E-state index in [2.05, 4.69) is 5.32 Å². The van der Waals surface area contributed by atoms with E-state index in [0.29, 0.717) is 19.6 Å². The molecule has 0 aliphatic rings. The molecule has 0 saturated heterocycles. The van der Waals surface area contributed by atoms with Crippen LogP contribution in [-0.4, -0.2) is 54.1 Å². The van der Waals surface area contributed by atoms with Gasteiger partial charge in [0.1, 0.15) is 5.82 Å². The van der Waals surface area contributed by atoms with E-state index in [1.807, 2.05) is 13.8 Å². The minimum Gasteiger partial charge on any atom is -0.493 e. The Labute approximate surface area is 194 Å². The van der Waals surface area contributed by atoms with Gasteiger partial charge in [-0.1, -0.05) is 18.2 Å². The van der Waals surface area contributed by atoms with E-state index < -0.39 is 21.7 Å². The second kappa shape index (κ2) is 11.9. The summed E-state index contributed by atoms with van der Waals surface area (Å²) in [7, 11) is -1.09. The highest BCUT2D eigenvalue weighted by Crippen LogP contribution is 2.37. The smallest absolute Gasteiger partial charge is 0.253 e. The molecule has 0 fully saturated rings. The third kappa shape index (κ3) is 7.33. The van der Waals surface area contributed by atoms with E-state index in [1.54, 1.807) is 6.07 Å². The van der Waals surface area contributed by atoms with Crippen molar-refractivity contribution in [3.8, 4) is 11.5 Å². The maximum Gasteiger partial charge on any atom is 0.253 e. The lowest BCUT2D eigenvalue weighted by Gasteiger charge is -2.26. The number of carbonyl (C=O) groups excluding carboxylic acids is 1. The van der Waals surface area contributed by atoms with E-state index >= 15 is 0 Å². The molecule has 33 heavy (non-hydrogen) atoms. The van der Waals surface area contributed by atoms with Crippen LogP contribution in [0, 0.1) is 5.82 Å². The highest BCUT2D eigenvalue weighted by atomic mass is 32.2. The second-order valence-corrected chi connectivity index (χ2v) is 9.52. The quantitative estimate of drug-likeness (QED) is 0.466. The molecule has 1 N–H and O–H groups in total. The molecule has 0 heterocycles. The lowest BCUT2D eigenvalue weighted by molar-refractivity contribution is 0.0757. The number of amides is 1. The van der Waals surface area contributed by atoms with Crippen molar-refractivity contribution in [3.05, 3.63) is 53.3 Å². The minimum atomic E-state index is -3.90. The number of nitrogens with zero attached hydrogens (tertiary/aromatic N) is 1. The number of sulfonamides is 1. The molecule has 2 aromatic carbocycles. The number of hydrogen-bond donors (Lipinski definition) is 1. The van der Waals surface area contributed by atoms with Crippen LogP contribution in [0.4, 0.5) is 10.1 Å². The molecule has 0 aliphatic carbocycles. The molecular weight excluding hydrogens is 451 g/mol. The summed E-state index contributed by atoms with van der Waals surface area (Å²) in [6.45, 7) is 4.34. The molecule has 1 amide bonds. The zero-order chi connectivity index (χ0) is 24.6. The Kier molecular flexibility index (Phi) is 9.48. The Morgan fingerprint density at radius 2 is 1.76 bits per heavy atom. The van der Waals surface area contributed by atoms with Crippen molar-refractivity contribution < 1.29 is 31.8 Å². The van der Waals surface area contributed by atoms with Crippen molar-refractivity contribution >= 4 is 21.6 Å². The van der Waals surface area contributed by atoms with Gasteiger partial charge in [0.25, 0.3) is 5.91 Å². The molecule has 2 aromatic rings. The maximum absolute atomic E-state index is 14.3. The molecule has 0 aliphatic heterocycles. The van der Waals surface area contributed by atoms with Gasteiger partial charge in [0.15, 0.2) is 11.5 Å². The third-order valence-corrected chi connectivity index (χ3v) is 5.87. The lowest BCUT2D eigenvalue weighted by Crippen LogP contribution is -2.33. The second-order valence-electron chi connectivity index (χ2n) is 7.61. The normalized spacial score (nSPS) is 11.4. The third-order valence-electron chi connectivity index (χ3n) is 4.75. The number of hydrogen-bond acceptors (Lipinski definition) is 6. The standard InChI is InChI=1S/C23H31FN2O6S/c1-16(2)32-12-8-11-25-23(27)18-13-21(30-3)22(31-4)14-20(18)26(33(5,28)29)15-17-9-6-7-10-19(17)24/h6-7,9-10,13-14,16H,8,11-12,15H2,1-5H3,(H,25,27). The Balaban J connectivity index is 2.46. The van der Waals surface area contributed by atoms with Gasteiger partial charge in [0, 0.05) is 24.8 Å². The van der Waals surface area contributed by atoms with Crippen LogP contribution in [0.3, 0.4) is 0 Å². The monoisotopic (exact) mass is 482 g/mol. The summed E-state index contributed by atoms with van der Waals surface area (Å²) < 4.78 is 56.8. The molecule has 0 unspecified atom stereocenters. The fraction of sp³-hybridized carbons (Fsp3) is 0.435. The predicted octanol–water partition coefficient (Wildman–Crippen LogP) is 3.35. The highest BCUT2D eigenvalue weighted by Gasteiger charge is 2.27. The van der Waals surface area contributed by atoms with E-state index in [4.69, 9.17) is 14.2 Å². The van der Waals surface area contributed by atoms with Crippen LogP contribution in [0.15, 0.2) is 36.4 Å². The molecule has 10 heteroatoms. The molecule has 0 aromatic heterocycles. The molecule has 0 saturated carbocycles. The van der Waals surface area contributed by atoms with Crippen LogP contribution < -0.4 is 19.1 Å². The Hall–Kier alpha value is -2.85. The first kappa shape index (κ1) is 26.4. The van der Waals surface area contributed by atoms with Crippen LogP contribution in [0.1, 0.15) is 36.2 Å². The summed E-state index contributed by atoms with van der Waals surface area (Å²) >= 11 is 0. The number of carbonyl (C=O) groups is 1. The molecule has 182 valence electrons. The Morgan fingerprint density at radius 3 is 2.33 bits per heavy atom. The summed E-state index contributed by atoms with van der Waals surface area (Å²) in [4.78, 5) is 13.0. The summed E-state index contributed by atoms with van der Waals surface area (Å²) in [5, 5.41) is 2.77. The van der Waals surface area contributed by atoms with E-state index in [9.17, 15) is 17.6 Å². The number of methoxy groups -OCH3 is 2. The van der Waals surface area contributed by atoms with Crippen molar-refractivity contribution in [2.45, 2.75) is 32.9 Å². The van der Waals surface area contributed by atoms with Crippen LogP contribution >= 0.6 is 0 Å². The average Bonchev–Trinajstić information content (AvgIpc) is 2.76. The highest BCUT2D eigenvalue weighted by molar-refractivity contribution is 7.92. The first-order valence-electron chi connectivity index (χ1n) is 10.5. The van der Waals surface area contributed by atoms with Crippen LogP contribution in [0.2, 0.25) is 0 Å². The lowest BCUT2D eigenvalue weighted by atomic mass is 10.1. The zero-order valence-electron chi connectivity index (χ0n) is 19.6. The van der Waals surface area contributed by atoms with Gasteiger partial charge in [-0.3, -0.25) is 9.10 Å². The van der Waals surface area contributed by atoms with Crippen LogP contribution in [-0.2, 0) is 21.3 Å². The first-order valence-corrected chi connectivity index (χ1v) is 12.3. The summed E-state index contributed by atoms with van der Waals surface area (Å²) in [6.07, 6.45) is 1.66. The predicted molar refractivity (Wildman–Crippen MR) is 125 cm³/mol. The SMILES string of the molecule is COc1cc(C(=O)NCCCOC(C)C)c(N(Cc2ccccc2F)S(C)(=O)=O)cc1OC. The summed E-state index contributed by atoms with van der Waals surface area (Å²) in [5.41, 5.74) is 0.267. The van der Waals surface area contributed by atoms with Gasteiger partial charge in [-0.25, -0.2) is 12.8 Å². The Morgan fingerprint density at radius 1 is 1.12 bits per heavy atom. The fourth-order valence-electron chi connectivity index (χ4n) is 3.11.